The summed E-state index contributed by atoms with van der Waals surface area (Å²) in [4.78, 5) is 15.6. The van der Waals surface area contributed by atoms with Gasteiger partial charge in [-0.05, 0) is 67.7 Å². The van der Waals surface area contributed by atoms with E-state index in [-0.39, 0.29) is 0 Å². The van der Waals surface area contributed by atoms with Gasteiger partial charge >= 0.3 is 0 Å². The van der Waals surface area contributed by atoms with E-state index in [1.54, 1.807) is 0 Å². The highest BCUT2D eigenvalue weighted by Gasteiger charge is 2.19. The molecule has 0 saturated heterocycles. The van der Waals surface area contributed by atoms with Gasteiger partial charge in [-0.2, -0.15) is 0 Å². The molecule has 4 heteroatoms. The SMILES string of the molecule is c1ccc(-c2ccc(-c3ccc(-c4nc(-c5ccc(-c6ccccc6)cc5)nc(-c5ccc6c7ccccc7n(-c7cc8ccccc8c8ccccc78)c6c5)n4)cc3)cc2)cc1. The fraction of sp³-hybridized carbons (Fsp3) is 0. The summed E-state index contributed by atoms with van der Waals surface area (Å²) in [7, 11) is 0. The highest BCUT2D eigenvalue weighted by Crippen LogP contribution is 2.39. The molecule has 0 unspecified atom stereocenters. The Balaban J connectivity index is 1.00. The minimum atomic E-state index is 0.616. The minimum Gasteiger partial charge on any atom is -0.309 e. The largest absolute Gasteiger partial charge is 0.309 e. The van der Waals surface area contributed by atoms with Gasteiger partial charge in [-0.3, -0.25) is 0 Å². The van der Waals surface area contributed by atoms with E-state index in [4.69, 9.17) is 15.0 Å². The van der Waals surface area contributed by atoms with Crippen molar-refractivity contribution in [3.05, 3.63) is 231 Å². The highest BCUT2D eigenvalue weighted by atomic mass is 15.0. The molecule has 63 heavy (non-hydrogen) atoms. The van der Waals surface area contributed by atoms with Crippen molar-refractivity contribution in [3.63, 3.8) is 0 Å². The third-order valence-corrected chi connectivity index (χ3v) is 12.3. The van der Waals surface area contributed by atoms with Crippen molar-refractivity contribution in [2.24, 2.45) is 0 Å². The molecule has 2 heterocycles. The van der Waals surface area contributed by atoms with Crippen molar-refractivity contribution in [1.82, 2.24) is 19.5 Å². The molecule has 4 nitrogen and oxygen atoms in total. The number of hydrogen-bond acceptors (Lipinski definition) is 3. The van der Waals surface area contributed by atoms with Crippen LogP contribution in [0.15, 0.2) is 231 Å². The second kappa shape index (κ2) is 15.2. The van der Waals surface area contributed by atoms with Crippen molar-refractivity contribution in [2.75, 3.05) is 0 Å². The summed E-state index contributed by atoms with van der Waals surface area (Å²) < 4.78 is 2.42. The summed E-state index contributed by atoms with van der Waals surface area (Å²) in [5.41, 5.74) is 13.1. The summed E-state index contributed by atoms with van der Waals surface area (Å²) in [6, 6.07) is 81.8. The third kappa shape index (κ3) is 6.53. The van der Waals surface area contributed by atoms with Gasteiger partial charge in [0.1, 0.15) is 0 Å². The van der Waals surface area contributed by atoms with Crippen LogP contribution in [0.4, 0.5) is 0 Å². The fourth-order valence-corrected chi connectivity index (χ4v) is 9.09. The number of fused-ring (bicyclic) bond motifs is 6. The average molecular weight is 803 g/mol. The Morgan fingerprint density at radius 2 is 0.619 bits per heavy atom. The Kier molecular flexibility index (Phi) is 8.79. The molecule has 0 fully saturated rings. The molecule has 12 rings (SSSR count). The molecule has 0 aliphatic carbocycles. The van der Waals surface area contributed by atoms with E-state index in [2.05, 4.69) is 223 Å². The molecular formula is C59H38N4. The van der Waals surface area contributed by atoms with Crippen LogP contribution in [0.3, 0.4) is 0 Å². The zero-order chi connectivity index (χ0) is 41.7. The van der Waals surface area contributed by atoms with Gasteiger partial charge in [0.05, 0.1) is 16.7 Å². The maximum absolute atomic E-state index is 5.23. The first-order valence-corrected chi connectivity index (χ1v) is 21.3. The molecule has 0 atom stereocenters. The van der Waals surface area contributed by atoms with Gasteiger partial charge < -0.3 is 4.57 Å². The smallest absolute Gasteiger partial charge is 0.164 e. The Morgan fingerprint density at radius 1 is 0.238 bits per heavy atom. The number of benzene rings is 10. The fourth-order valence-electron chi connectivity index (χ4n) is 9.09. The van der Waals surface area contributed by atoms with E-state index >= 15 is 0 Å². The lowest BCUT2D eigenvalue weighted by molar-refractivity contribution is 1.07. The lowest BCUT2D eigenvalue weighted by Gasteiger charge is -2.15. The monoisotopic (exact) mass is 802 g/mol. The Bertz CT molecular complexity index is 3630. The molecule has 294 valence electrons. The molecule has 0 aliphatic rings. The van der Waals surface area contributed by atoms with Gasteiger partial charge in [0, 0.05) is 32.8 Å². The predicted molar refractivity (Wildman–Crippen MR) is 262 cm³/mol. The summed E-state index contributed by atoms with van der Waals surface area (Å²) in [5.74, 6) is 1.86. The van der Waals surface area contributed by atoms with Gasteiger partial charge in [0.25, 0.3) is 0 Å². The van der Waals surface area contributed by atoms with Gasteiger partial charge in [0.15, 0.2) is 17.5 Å². The molecule has 0 aliphatic heterocycles. The zero-order valence-corrected chi connectivity index (χ0v) is 34.2. The zero-order valence-electron chi connectivity index (χ0n) is 34.2. The van der Waals surface area contributed by atoms with E-state index in [0.717, 1.165) is 50.1 Å². The number of hydrogen-bond donors (Lipinski definition) is 0. The Morgan fingerprint density at radius 3 is 1.17 bits per heavy atom. The van der Waals surface area contributed by atoms with Gasteiger partial charge in [-0.1, -0.05) is 212 Å². The van der Waals surface area contributed by atoms with E-state index in [1.807, 2.05) is 12.1 Å². The summed E-state index contributed by atoms with van der Waals surface area (Å²) in [5, 5.41) is 7.24. The quantitative estimate of drug-likeness (QED) is 0.151. The van der Waals surface area contributed by atoms with Gasteiger partial charge in [-0.25, -0.2) is 15.0 Å². The van der Waals surface area contributed by atoms with Crippen molar-refractivity contribution in [1.29, 1.82) is 0 Å². The predicted octanol–water partition coefficient (Wildman–Crippen LogP) is 15.3. The number of para-hydroxylation sites is 1. The lowest BCUT2D eigenvalue weighted by Crippen LogP contribution is -2.01. The first kappa shape index (κ1) is 36.4. The molecule has 0 bridgehead atoms. The molecule has 0 spiro atoms. The van der Waals surface area contributed by atoms with Gasteiger partial charge in [0.2, 0.25) is 0 Å². The highest BCUT2D eigenvalue weighted by molar-refractivity contribution is 6.15. The second-order valence-corrected chi connectivity index (χ2v) is 16.0. The second-order valence-electron chi connectivity index (χ2n) is 16.0. The molecule has 12 aromatic rings. The molecule has 2 aromatic heterocycles. The summed E-state index contributed by atoms with van der Waals surface area (Å²) in [6.07, 6.45) is 0. The minimum absolute atomic E-state index is 0.616. The molecule has 0 radical (unpaired) electrons. The standard InChI is InChI=1S/C59H38N4/c1-3-13-39(14-4-1)41-23-25-43(26-24-41)44-29-33-46(34-30-44)58-60-57(45-31-27-42(28-32-45)40-15-5-2-6-16-40)61-59(62-58)48-35-36-53-52-21-11-12-22-54(52)63(56(53)38-48)55-37-47-17-7-8-18-49(47)50-19-9-10-20-51(50)55/h1-38H. The number of rotatable bonds is 7. The van der Waals surface area contributed by atoms with Crippen LogP contribution in [-0.2, 0) is 0 Å². The van der Waals surface area contributed by atoms with Crippen LogP contribution in [0.25, 0.3) is 117 Å². The average Bonchev–Trinajstić information content (AvgIpc) is 3.70. The Hall–Kier alpha value is -8.47. The Labute approximate surface area is 365 Å². The molecule has 10 aromatic carbocycles. The van der Waals surface area contributed by atoms with E-state index in [9.17, 15) is 0 Å². The first-order chi connectivity index (χ1) is 31.2. The van der Waals surface area contributed by atoms with Crippen LogP contribution in [0.1, 0.15) is 0 Å². The van der Waals surface area contributed by atoms with Crippen LogP contribution in [0, 0.1) is 0 Å². The van der Waals surface area contributed by atoms with E-state index < -0.39 is 0 Å². The van der Waals surface area contributed by atoms with Gasteiger partial charge in [-0.15, -0.1) is 0 Å². The summed E-state index contributed by atoms with van der Waals surface area (Å²) >= 11 is 0. The van der Waals surface area contributed by atoms with E-state index in [0.29, 0.717) is 17.5 Å². The lowest BCUT2D eigenvalue weighted by atomic mass is 9.99. The maximum atomic E-state index is 5.23. The van der Waals surface area contributed by atoms with Crippen molar-refractivity contribution >= 4 is 43.4 Å². The molecule has 0 N–H and O–H groups in total. The first-order valence-electron chi connectivity index (χ1n) is 21.3. The number of aromatic nitrogens is 4. The van der Waals surface area contributed by atoms with Crippen LogP contribution in [0.2, 0.25) is 0 Å². The normalized spacial score (nSPS) is 11.5. The molecular weight excluding hydrogens is 765 g/mol. The van der Waals surface area contributed by atoms with Crippen molar-refractivity contribution in [2.45, 2.75) is 0 Å². The number of nitrogens with zero attached hydrogens (tertiary/aromatic N) is 4. The van der Waals surface area contributed by atoms with Crippen LogP contribution < -0.4 is 0 Å². The third-order valence-electron chi connectivity index (χ3n) is 12.3. The van der Waals surface area contributed by atoms with Crippen LogP contribution in [0.5, 0.6) is 0 Å². The topological polar surface area (TPSA) is 43.6 Å². The summed E-state index contributed by atoms with van der Waals surface area (Å²) in [6.45, 7) is 0. The van der Waals surface area contributed by atoms with Crippen LogP contribution in [-0.4, -0.2) is 19.5 Å². The van der Waals surface area contributed by atoms with Crippen molar-refractivity contribution < 1.29 is 0 Å². The molecule has 0 amide bonds. The maximum Gasteiger partial charge on any atom is 0.164 e. The van der Waals surface area contributed by atoms with Crippen LogP contribution >= 0.6 is 0 Å². The van der Waals surface area contributed by atoms with Crippen molar-refractivity contribution in [3.8, 4) is 73.2 Å². The van der Waals surface area contributed by atoms with E-state index in [1.165, 1.54) is 49.0 Å². The molecule has 0 saturated carbocycles.